The minimum atomic E-state index is -0.447. The molecule has 0 bridgehead atoms. The molecule has 1 rings (SSSR count). The predicted molar refractivity (Wildman–Crippen MR) is 43.7 cm³/mol. The molecule has 6 heteroatoms. The monoisotopic (exact) mass is 172 g/mol. The second-order valence-corrected chi connectivity index (χ2v) is 3.08. The third kappa shape index (κ3) is 1.32. The first kappa shape index (κ1) is 8.76. The molecule has 6 nitrogen and oxygen atoms in total. The first-order valence-corrected chi connectivity index (χ1v) is 3.73. The van der Waals surface area contributed by atoms with Crippen LogP contribution in [0.3, 0.4) is 0 Å². The van der Waals surface area contributed by atoms with Crippen molar-refractivity contribution in [2.45, 2.75) is 20.0 Å². The highest BCUT2D eigenvalue weighted by molar-refractivity contribution is 5.55. The Kier molecular flexibility index (Phi) is 2.16. The highest BCUT2D eigenvalue weighted by Crippen LogP contribution is 2.17. The van der Waals surface area contributed by atoms with Crippen LogP contribution in [-0.4, -0.2) is 34.6 Å². The molecule has 0 aliphatic carbocycles. The summed E-state index contributed by atoms with van der Waals surface area (Å²) in [4.78, 5) is 10.5. The van der Waals surface area contributed by atoms with Crippen LogP contribution >= 0.6 is 0 Å². The Labute approximate surface area is 70.6 Å². The lowest BCUT2D eigenvalue weighted by Gasteiger charge is -2.23. The average Bonchev–Trinajstić information content (AvgIpc) is 2.30. The van der Waals surface area contributed by atoms with Crippen LogP contribution in [0.1, 0.15) is 13.8 Å². The molecule has 1 unspecified atom stereocenters. The van der Waals surface area contributed by atoms with Crippen LogP contribution < -0.4 is 0 Å². The maximum atomic E-state index is 10.5. The lowest BCUT2D eigenvalue weighted by molar-refractivity contribution is -0.639. The standard InChI is InChI=1S/C6H12N4O2/c1-5(2)6-8(3)7-4-9(6)10(11)12/h4-6H,1-3H3. The van der Waals surface area contributed by atoms with Crippen molar-refractivity contribution in [3.05, 3.63) is 10.1 Å². The fourth-order valence-electron chi connectivity index (χ4n) is 1.32. The normalized spacial score (nSPS) is 22.5. The molecule has 1 heterocycles. The van der Waals surface area contributed by atoms with Crippen molar-refractivity contribution < 1.29 is 5.03 Å². The van der Waals surface area contributed by atoms with Crippen molar-refractivity contribution >= 4 is 6.34 Å². The summed E-state index contributed by atoms with van der Waals surface area (Å²) < 4.78 is 0. The molecule has 0 radical (unpaired) electrons. The summed E-state index contributed by atoms with van der Waals surface area (Å²) in [5.41, 5.74) is 0. The van der Waals surface area contributed by atoms with Gasteiger partial charge in [0.1, 0.15) is 0 Å². The summed E-state index contributed by atoms with van der Waals surface area (Å²) in [6.07, 6.45) is 0.977. The topological polar surface area (TPSA) is 62.0 Å². The van der Waals surface area contributed by atoms with Gasteiger partial charge in [0.15, 0.2) is 17.5 Å². The molecule has 12 heavy (non-hydrogen) atoms. The SMILES string of the molecule is CC(C)C1N(C)N=CN1[N+](=O)[O-]. The number of hydrazone groups is 1. The predicted octanol–water partition coefficient (Wildman–Crippen LogP) is 0.351. The van der Waals surface area contributed by atoms with Gasteiger partial charge < -0.3 is 0 Å². The lowest BCUT2D eigenvalue weighted by atomic mass is 10.1. The van der Waals surface area contributed by atoms with E-state index in [0.29, 0.717) is 0 Å². The fourth-order valence-corrected chi connectivity index (χ4v) is 1.32. The van der Waals surface area contributed by atoms with Gasteiger partial charge in [-0.1, -0.05) is 18.9 Å². The summed E-state index contributed by atoms with van der Waals surface area (Å²) in [6.45, 7) is 3.85. The zero-order valence-corrected chi connectivity index (χ0v) is 7.34. The molecule has 68 valence electrons. The van der Waals surface area contributed by atoms with Crippen LogP contribution in [-0.2, 0) is 0 Å². The van der Waals surface area contributed by atoms with Crippen LogP contribution in [0.25, 0.3) is 0 Å². The van der Waals surface area contributed by atoms with E-state index in [1.807, 2.05) is 13.8 Å². The molecule has 1 atom stereocenters. The van der Waals surface area contributed by atoms with Crippen LogP contribution in [0.5, 0.6) is 0 Å². The molecule has 1 aliphatic rings. The largest absolute Gasteiger partial charge is 0.270 e. The number of nitro groups is 1. The van der Waals surface area contributed by atoms with Gasteiger partial charge in [0, 0.05) is 7.05 Å². The fraction of sp³-hybridized carbons (Fsp3) is 0.833. The summed E-state index contributed by atoms with van der Waals surface area (Å²) in [5.74, 6) is 0.169. The molecule has 0 fully saturated rings. The number of rotatable bonds is 2. The quantitative estimate of drug-likeness (QED) is 0.445. The van der Waals surface area contributed by atoms with Gasteiger partial charge in [0.05, 0.1) is 0 Å². The Morgan fingerprint density at radius 2 is 2.25 bits per heavy atom. The third-order valence-corrected chi connectivity index (χ3v) is 1.79. The van der Waals surface area contributed by atoms with Crippen LogP contribution in [0.2, 0.25) is 0 Å². The Balaban J connectivity index is 2.76. The van der Waals surface area contributed by atoms with Crippen molar-refractivity contribution in [2.24, 2.45) is 11.0 Å². The zero-order valence-electron chi connectivity index (χ0n) is 7.34. The van der Waals surface area contributed by atoms with Gasteiger partial charge in [-0.05, 0) is 5.92 Å². The Bertz CT molecular complexity index is 216. The molecule has 0 saturated carbocycles. The van der Waals surface area contributed by atoms with Crippen molar-refractivity contribution in [3.8, 4) is 0 Å². The molecule has 0 N–H and O–H groups in total. The summed E-state index contributed by atoms with van der Waals surface area (Å²) in [7, 11) is 1.73. The van der Waals surface area contributed by atoms with E-state index in [4.69, 9.17) is 0 Å². The van der Waals surface area contributed by atoms with Gasteiger partial charge >= 0.3 is 0 Å². The first-order chi connectivity index (χ1) is 5.54. The van der Waals surface area contributed by atoms with Crippen LogP contribution in [0, 0.1) is 16.0 Å². The molecule has 1 aliphatic heterocycles. The van der Waals surface area contributed by atoms with Crippen LogP contribution in [0.15, 0.2) is 5.10 Å². The Hall–Kier alpha value is -1.33. The van der Waals surface area contributed by atoms with E-state index < -0.39 is 5.03 Å². The second-order valence-electron chi connectivity index (χ2n) is 3.08. The molecule has 0 aromatic rings. The van der Waals surface area contributed by atoms with Crippen molar-refractivity contribution in [1.82, 2.24) is 10.0 Å². The second kappa shape index (κ2) is 2.96. The highest BCUT2D eigenvalue weighted by Gasteiger charge is 2.35. The molecular formula is C6H12N4O2. The van der Waals surface area contributed by atoms with Gasteiger partial charge in [0.2, 0.25) is 0 Å². The van der Waals surface area contributed by atoms with Crippen LogP contribution in [0.4, 0.5) is 0 Å². The van der Waals surface area contributed by atoms with Crippen molar-refractivity contribution in [1.29, 1.82) is 0 Å². The van der Waals surface area contributed by atoms with Gasteiger partial charge in [-0.2, -0.15) is 5.10 Å². The van der Waals surface area contributed by atoms with Gasteiger partial charge in [-0.3, -0.25) is 5.01 Å². The average molecular weight is 172 g/mol. The van der Waals surface area contributed by atoms with E-state index in [2.05, 4.69) is 5.10 Å². The smallest absolute Gasteiger partial charge is 0.184 e. The molecule has 0 aromatic heterocycles. The van der Waals surface area contributed by atoms with Gasteiger partial charge in [-0.25, -0.2) is 10.1 Å². The van der Waals surface area contributed by atoms with E-state index in [9.17, 15) is 10.1 Å². The number of hydrazine groups is 1. The summed E-state index contributed by atoms with van der Waals surface area (Å²) >= 11 is 0. The van der Waals surface area contributed by atoms with E-state index in [1.165, 1.54) is 6.34 Å². The maximum absolute atomic E-state index is 10.5. The molecule has 0 spiro atoms. The van der Waals surface area contributed by atoms with Crippen molar-refractivity contribution in [2.75, 3.05) is 7.05 Å². The first-order valence-electron chi connectivity index (χ1n) is 3.73. The van der Waals surface area contributed by atoms with E-state index in [1.54, 1.807) is 12.1 Å². The minimum absolute atomic E-state index is 0.169. The van der Waals surface area contributed by atoms with Gasteiger partial charge in [0.25, 0.3) is 0 Å². The Morgan fingerprint density at radius 3 is 2.58 bits per heavy atom. The van der Waals surface area contributed by atoms with Crippen molar-refractivity contribution in [3.63, 3.8) is 0 Å². The zero-order chi connectivity index (χ0) is 9.30. The number of nitrogens with zero attached hydrogens (tertiary/aromatic N) is 4. The lowest BCUT2D eigenvalue weighted by Crippen LogP contribution is -2.44. The van der Waals surface area contributed by atoms with E-state index >= 15 is 0 Å². The summed E-state index contributed by atoms with van der Waals surface area (Å²) in [6, 6.07) is 0. The molecular weight excluding hydrogens is 160 g/mol. The van der Waals surface area contributed by atoms with E-state index in [0.717, 1.165) is 5.01 Å². The van der Waals surface area contributed by atoms with E-state index in [-0.39, 0.29) is 12.1 Å². The third-order valence-electron chi connectivity index (χ3n) is 1.79. The molecule has 0 amide bonds. The number of hydrogen-bond donors (Lipinski definition) is 0. The number of hydrogen-bond acceptors (Lipinski definition) is 4. The Morgan fingerprint density at radius 1 is 1.67 bits per heavy atom. The highest BCUT2D eigenvalue weighted by atomic mass is 16.7. The minimum Gasteiger partial charge on any atom is -0.270 e. The molecule has 0 saturated heterocycles. The summed E-state index contributed by atoms with van der Waals surface area (Å²) in [5, 5.41) is 16.5. The van der Waals surface area contributed by atoms with Gasteiger partial charge in [-0.15, -0.1) is 0 Å². The maximum Gasteiger partial charge on any atom is 0.184 e. The molecule has 0 aromatic carbocycles.